The molecule has 4 aromatic rings. The highest BCUT2D eigenvalue weighted by molar-refractivity contribution is 7.92. The number of sulfonamides is 1. The van der Waals surface area contributed by atoms with E-state index in [2.05, 4.69) is 10.4 Å². The minimum absolute atomic E-state index is 0.00954. The molecular formula is C25H23ClN4O3S. The smallest absolute Gasteiger partial charge is 0.264 e. The van der Waals surface area contributed by atoms with Gasteiger partial charge in [0.2, 0.25) is 0 Å². The van der Waals surface area contributed by atoms with Crippen molar-refractivity contribution >= 4 is 33.2 Å². The van der Waals surface area contributed by atoms with Crippen molar-refractivity contribution in [3.8, 4) is 5.69 Å². The number of carbonyl (C=O) groups is 1. The molecule has 1 amide bonds. The SMILES string of the molecule is CCN(c1ccccc1)S(=O)(=O)c1ccc(Cl)c(C(=O)NCc2ccccc2-n2cccn2)c1. The molecule has 0 aliphatic carbocycles. The number of nitrogens with one attached hydrogen (secondary N) is 1. The lowest BCUT2D eigenvalue weighted by molar-refractivity contribution is 0.0951. The van der Waals surface area contributed by atoms with E-state index in [1.807, 2.05) is 42.6 Å². The standard InChI is InChI=1S/C25H23ClN4O3S/c1-2-30(20-10-4-3-5-11-20)34(32,33)21-13-14-23(26)22(17-21)25(31)27-18-19-9-6-7-12-24(19)29-16-8-15-28-29/h3-17H,2,18H2,1H3,(H,27,31). The van der Waals surface area contributed by atoms with E-state index >= 15 is 0 Å². The Bertz CT molecular complexity index is 1390. The van der Waals surface area contributed by atoms with Crippen LogP contribution in [0.15, 0.2) is 96.2 Å². The van der Waals surface area contributed by atoms with Crippen molar-refractivity contribution in [1.29, 1.82) is 0 Å². The predicted octanol–water partition coefficient (Wildman–Crippen LogP) is 4.67. The molecule has 1 aromatic heterocycles. The van der Waals surface area contributed by atoms with E-state index in [4.69, 9.17) is 11.6 Å². The molecule has 3 aromatic carbocycles. The average molecular weight is 495 g/mol. The average Bonchev–Trinajstić information content (AvgIpc) is 3.39. The topological polar surface area (TPSA) is 84.3 Å². The quantitative estimate of drug-likeness (QED) is 0.385. The van der Waals surface area contributed by atoms with E-state index in [-0.39, 0.29) is 28.6 Å². The minimum Gasteiger partial charge on any atom is -0.348 e. The van der Waals surface area contributed by atoms with Crippen molar-refractivity contribution < 1.29 is 13.2 Å². The van der Waals surface area contributed by atoms with E-state index in [9.17, 15) is 13.2 Å². The zero-order chi connectivity index (χ0) is 24.1. The molecule has 34 heavy (non-hydrogen) atoms. The van der Waals surface area contributed by atoms with Gasteiger partial charge in [-0.1, -0.05) is 48.0 Å². The van der Waals surface area contributed by atoms with Gasteiger partial charge in [-0.3, -0.25) is 9.10 Å². The van der Waals surface area contributed by atoms with Crippen molar-refractivity contribution in [2.75, 3.05) is 10.8 Å². The van der Waals surface area contributed by atoms with Crippen LogP contribution in [0.4, 0.5) is 5.69 Å². The number of anilines is 1. The van der Waals surface area contributed by atoms with E-state index in [1.54, 1.807) is 42.1 Å². The summed E-state index contributed by atoms with van der Waals surface area (Å²) < 4.78 is 29.7. The third-order valence-corrected chi connectivity index (χ3v) is 7.51. The first-order chi connectivity index (χ1) is 16.4. The number of para-hydroxylation sites is 2. The summed E-state index contributed by atoms with van der Waals surface area (Å²) in [6.45, 7) is 2.21. The Kier molecular flexibility index (Phi) is 7.00. The summed E-state index contributed by atoms with van der Waals surface area (Å²) in [6.07, 6.45) is 3.49. The predicted molar refractivity (Wildman–Crippen MR) is 133 cm³/mol. The second-order valence-electron chi connectivity index (χ2n) is 7.41. The van der Waals surface area contributed by atoms with Gasteiger partial charge < -0.3 is 5.32 Å². The molecular weight excluding hydrogens is 472 g/mol. The fourth-order valence-corrected chi connectivity index (χ4v) is 5.32. The highest BCUT2D eigenvalue weighted by atomic mass is 35.5. The van der Waals surface area contributed by atoms with Gasteiger partial charge in [0.1, 0.15) is 0 Å². The zero-order valence-electron chi connectivity index (χ0n) is 18.4. The van der Waals surface area contributed by atoms with Gasteiger partial charge in [0.05, 0.1) is 26.9 Å². The van der Waals surface area contributed by atoms with E-state index < -0.39 is 15.9 Å². The fraction of sp³-hybridized carbons (Fsp3) is 0.120. The molecule has 0 fully saturated rings. The Morgan fingerprint density at radius 3 is 2.47 bits per heavy atom. The van der Waals surface area contributed by atoms with Crippen LogP contribution in [0.5, 0.6) is 0 Å². The lowest BCUT2D eigenvalue weighted by atomic mass is 10.1. The molecule has 0 saturated carbocycles. The zero-order valence-corrected chi connectivity index (χ0v) is 20.0. The first kappa shape index (κ1) is 23.5. The molecule has 0 unspecified atom stereocenters. The van der Waals surface area contributed by atoms with Crippen molar-refractivity contribution in [2.24, 2.45) is 0 Å². The van der Waals surface area contributed by atoms with Gasteiger partial charge in [0.15, 0.2) is 0 Å². The van der Waals surface area contributed by atoms with E-state index in [1.165, 1.54) is 22.5 Å². The number of rotatable bonds is 8. The molecule has 0 bridgehead atoms. The number of hydrogen-bond donors (Lipinski definition) is 1. The number of carbonyl (C=O) groups excluding carboxylic acids is 1. The monoisotopic (exact) mass is 494 g/mol. The molecule has 0 atom stereocenters. The largest absolute Gasteiger partial charge is 0.348 e. The number of amides is 1. The summed E-state index contributed by atoms with van der Waals surface area (Å²) in [6, 6.07) is 22.3. The van der Waals surface area contributed by atoms with Gasteiger partial charge in [-0.25, -0.2) is 13.1 Å². The van der Waals surface area contributed by atoms with Crippen LogP contribution < -0.4 is 9.62 Å². The van der Waals surface area contributed by atoms with Gasteiger partial charge in [-0.05, 0) is 55.0 Å². The van der Waals surface area contributed by atoms with Crippen LogP contribution in [0.3, 0.4) is 0 Å². The molecule has 1 heterocycles. The van der Waals surface area contributed by atoms with Crippen LogP contribution >= 0.6 is 11.6 Å². The third-order valence-electron chi connectivity index (χ3n) is 5.28. The molecule has 9 heteroatoms. The molecule has 0 spiro atoms. The van der Waals surface area contributed by atoms with Crippen LogP contribution in [-0.2, 0) is 16.6 Å². The molecule has 0 aliphatic heterocycles. The Balaban J connectivity index is 1.59. The number of hydrogen-bond acceptors (Lipinski definition) is 4. The Morgan fingerprint density at radius 2 is 1.76 bits per heavy atom. The Morgan fingerprint density at radius 1 is 1.03 bits per heavy atom. The molecule has 0 radical (unpaired) electrons. The number of nitrogens with zero attached hydrogens (tertiary/aromatic N) is 3. The van der Waals surface area contributed by atoms with Gasteiger partial charge in [0.25, 0.3) is 15.9 Å². The summed E-state index contributed by atoms with van der Waals surface area (Å²) in [5.41, 5.74) is 2.31. The first-order valence-electron chi connectivity index (χ1n) is 10.6. The second kappa shape index (κ2) is 10.1. The summed E-state index contributed by atoms with van der Waals surface area (Å²) in [5, 5.41) is 7.25. The van der Waals surface area contributed by atoms with Crippen molar-refractivity contribution in [1.82, 2.24) is 15.1 Å². The molecule has 1 N–H and O–H groups in total. The number of halogens is 1. The van der Waals surface area contributed by atoms with Crippen molar-refractivity contribution in [3.63, 3.8) is 0 Å². The molecule has 4 rings (SSSR count). The van der Waals surface area contributed by atoms with Crippen LogP contribution in [0.2, 0.25) is 5.02 Å². The maximum atomic E-state index is 13.3. The summed E-state index contributed by atoms with van der Waals surface area (Å²) in [4.78, 5) is 13.0. The Hall–Kier alpha value is -3.62. The van der Waals surface area contributed by atoms with Gasteiger partial charge >= 0.3 is 0 Å². The molecule has 0 saturated heterocycles. The second-order valence-corrected chi connectivity index (χ2v) is 9.68. The summed E-state index contributed by atoms with van der Waals surface area (Å²) in [5.74, 6) is -0.472. The van der Waals surface area contributed by atoms with E-state index in [0.29, 0.717) is 5.69 Å². The highest BCUT2D eigenvalue weighted by Crippen LogP contribution is 2.27. The van der Waals surface area contributed by atoms with Crippen LogP contribution in [0, 0.1) is 0 Å². The van der Waals surface area contributed by atoms with Crippen LogP contribution in [0.1, 0.15) is 22.8 Å². The normalized spacial score (nSPS) is 11.2. The third kappa shape index (κ3) is 4.83. The maximum Gasteiger partial charge on any atom is 0.264 e. The maximum absolute atomic E-state index is 13.3. The van der Waals surface area contributed by atoms with Gasteiger partial charge in [-0.15, -0.1) is 0 Å². The summed E-state index contributed by atoms with van der Waals surface area (Å²) >= 11 is 6.28. The van der Waals surface area contributed by atoms with E-state index in [0.717, 1.165) is 11.3 Å². The van der Waals surface area contributed by atoms with Gasteiger partial charge in [0, 0.05) is 25.5 Å². The van der Waals surface area contributed by atoms with Crippen molar-refractivity contribution in [2.45, 2.75) is 18.4 Å². The first-order valence-corrected chi connectivity index (χ1v) is 12.5. The van der Waals surface area contributed by atoms with Crippen LogP contribution in [-0.4, -0.2) is 30.7 Å². The summed E-state index contributed by atoms with van der Waals surface area (Å²) in [7, 11) is -3.90. The molecule has 7 nitrogen and oxygen atoms in total. The fourth-order valence-electron chi connectivity index (χ4n) is 3.62. The van der Waals surface area contributed by atoms with Crippen LogP contribution in [0.25, 0.3) is 5.69 Å². The number of benzene rings is 3. The Labute approximate surface area is 203 Å². The lowest BCUT2D eigenvalue weighted by Crippen LogP contribution is -2.31. The van der Waals surface area contributed by atoms with Gasteiger partial charge in [-0.2, -0.15) is 5.10 Å². The lowest BCUT2D eigenvalue weighted by Gasteiger charge is -2.23. The van der Waals surface area contributed by atoms with Crippen molar-refractivity contribution in [3.05, 3.63) is 107 Å². The molecule has 0 aliphatic rings. The minimum atomic E-state index is -3.90. The molecule has 174 valence electrons. The highest BCUT2D eigenvalue weighted by Gasteiger charge is 2.25. The number of aromatic nitrogens is 2.